The van der Waals surface area contributed by atoms with E-state index in [0.717, 1.165) is 5.56 Å². The van der Waals surface area contributed by atoms with Crippen molar-refractivity contribution in [2.75, 3.05) is 13.4 Å². The first-order valence-electron chi connectivity index (χ1n) is 7.90. The summed E-state index contributed by atoms with van der Waals surface area (Å²) in [7, 11) is 0. The van der Waals surface area contributed by atoms with Gasteiger partial charge < -0.3 is 9.47 Å². The third-order valence-corrected chi connectivity index (χ3v) is 3.78. The summed E-state index contributed by atoms with van der Waals surface area (Å²) >= 11 is 0. The van der Waals surface area contributed by atoms with Crippen LogP contribution in [0.15, 0.2) is 46.1 Å². The highest BCUT2D eigenvalue weighted by Crippen LogP contribution is 2.29. The SMILES string of the molecule is C#C[C@]1(OCOCc2ccccc2)OCC(n2cc(C)c(=O)[nH]c2=O)O1. The molecule has 1 aromatic carbocycles. The molecule has 0 spiro atoms. The molecule has 0 aliphatic carbocycles. The number of nitrogens with one attached hydrogen (secondary N) is 1. The zero-order chi connectivity index (χ0) is 18.6. The van der Waals surface area contributed by atoms with Crippen molar-refractivity contribution in [3.8, 4) is 12.3 Å². The minimum absolute atomic E-state index is 0.0196. The molecule has 8 nitrogen and oxygen atoms in total. The van der Waals surface area contributed by atoms with Crippen LogP contribution in [0.25, 0.3) is 0 Å². The number of ether oxygens (including phenoxy) is 4. The number of rotatable bonds is 6. The lowest BCUT2D eigenvalue weighted by Gasteiger charge is -2.22. The Kier molecular flexibility index (Phi) is 5.35. The van der Waals surface area contributed by atoms with E-state index in [9.17, 15) is 9.59 Å². The smallest absolute Gasteiger partial charge is 0.350 e. The highest BCUT2D eigenvalue weighted by molar-refractivity contribution is 5.13. The van der Waals surface area contributed by atoms with Gasteiger partial charge >= 0.3 is 11.7 Å². The summed E-state index contributed by atoms with van der Waals surface area (Å²) in [5, 5.41) is 0. The van der Waals surface area contributed by atoms with Gasteiger partial charge in [0.15, 0.2) is 13.0 Å². The topological polar surface area (TPSA) is 91.8 Å². The van der Waals surface area contributed by atoms with Gasteiger partial charge in [-0.25, -0.2) is 4.79 Å². The molecule has 8 heteroatoms. The first-order chi connectivity index (χ1) is 12.5. The van der Waals surface area contributed by atoms with E-state index in [2.05, 4.69) is 10.9 Å². The molecule has 26 heavy (non-hydrogen) atoms. The van der Waals surface area contributed by atoms with Crippen LogP contribution in [0.2, 0.25) is 0 Å². The molecule has 2 atom stereocenters. The lowest BCUT2D eigenvalue weighted by atomic mass is 10.2. The monoisotopic (exact) mass is 358 g/mol. The molecular weight excluding hydrogens is 340 g/mol. The Morgan fingerprint density at radius 1 is 1.38 bits per heavy atom. The van der Waals surface area contributed by atoms with Crippen molar-refractivity contribution in [1.29, 1.82) is 0 Å². The molecule has 1 aliphatic rings. The molecule has 136 valence electrons. The van der Waals surface area contributed by atoms with Crippen molar-refractivity contribution in [3.63, 3.8) is 0 Å². The standard InChI is InChI=1S/C18H18N2O6/c1-3-18(25-12-23-10-14-7-5-4-6-8-14)24-11-15(26-18)20-9-13(2)16(21)19-17(20)22/h1,4-9,15H,10-12H2,2H3,(H,19,21,22)/t15?,18-/m1/s1. The molecule has 0 saturated carbocycles. The van der Waals surface area contributed by atoms with Gasteiger partial charge in [-0.1, -0.05) is 30.3 Å². The molecular formula is C18H18N2O6. The summed E-state index contributed by atoms with van der Waals surface area (Å²) < 4.78 is 23.0. The molecule has 3 rings (SSSR count). The van der Waals surface area contributed by atoms with E-state index in [1.807, 2.05) is 30.3 Å². The second-order valence-electron chi connectivity index (χ2n) is 5.66. The summed E-state index contributed by atoms with van der Waals surface area (Å²) in [5.74, 6) is 0.528. The van der Waals surface area contributed by atoms with Gasteiger partial charge in [0.1, 0.15) is 0 Å². The minimum atomic E-state index is -1.76. The van der Waals surface area contributed by atoms with E-state index in [-0.39, 0.29) is 13.4 Å². The summed E-state index contributed by atoms with van der Waals surface area (Å²) in [6.45, 7) is 1.73. The third-order valence-electron chi connectivity index (χ3n) is 3.78. The van der Waals surface area contributed by atoms with E-state index < -0.39 is 23.5 Å². The predicted octanol–water partition coefficient (Wildman–Crippen LogP) is 0.868. The van der Waals surface area contributed by atoms with Crippen LogP contribution in [0.4, 0.5) is 0 Å². The van der Waals surface area contributed by atoms with Crippen molar-refractivity contribution < 1.29 is 18.9 Å². The normalized spacial score (nSPS) is 22.2. The number of hydrogen-bond donors (Lipinski definition) is 1. The van der Waals surface area contributed by atoms with Gasteiger partial charge in [-0.3, -0.25) is 23.8 Å². The average molecular weight is 358 g/mol. The highest BCUT2D eigenvalue weighted by atomic mass is 16.9. The average Bonchev–Trinajstić information content (AvgIpc) is 3.07. The molecule has 2 aromatic rings. The number of aryl methyl sites for hydroxylation is 1. The molecule has 1 aliphatic heterocycles. The molecule has 1 aromatic heterocycles. The fourth-order valence-corrected chi connectivity index (χ4v) is 2.41. The van der Waals surface area contributed by atoms with Crippen LogP contribution in [0.3, 0.4) is 0 Å². The number of benzene rings is 1. The predicted molar refractivity (Wildman–Crippen MR) is 90.9 cm³/mol. The van der Waals surface area contributed by atoms with Gasteiger partial charge in [0, 0.05) is 11.8 Å². The Bertz CT molecular complexity index is 914. The van der Waals surface area contributed by atoms with E-state index in [4.69, 9.17) is 25.4 Å². The van der Waals surface area contributed by atoms with Gasteiger partial charge in [-0.15, -0.1) is 6.42 Å². The van der Waals surface area contributed by atoms with Crippen LogP contribution in [-0.4, -0.2) is 28.9 Å². The first kappa shape index (κ1) is 18.1. The molecule has 1 N–H and O–H groups in total. The van der Waals surface area contributed by atoms with Crippen LogP contribution < -0.4 is 11.2 Å². The zero-order valence-corrected chi connectivity index (χ0v) is 14.1. The molecule has 1 saturated heterocycles. The Labute approximate surface area is 149 Å². The zero-order valence-electron chi connectivity index (χ0n) is 14.1. The van der Waals surface area contributed by atoms with Crippen molar-refractivity contribution in [3.05, 3.63) is 68.5 Å². The second kappa shape index (κ2) is 7.68. The molecule has 0 radical (unpaired) electrons. The lowest BCUT2D eigenvalue weighted by molar-refractivity contribution is -0.328. The summed E-state index contributed by atoms with van der Waals surface area (Å²) in [5.41, 5.74) is 0.257. The molecule has 0 amide bonds. The summed E-state index contributed by atoms with van der Waals surface area (Å²) in [6, 6.07) is 9.55. The van der Waals surface area contributed by atoms with E-state index in [0.29, 0.717) is 12.2 Å². The van der Waals surface area contributed by atoms with Gasteiger partial charge in [0.05, 0.1) is 13.2 Å². The fourth-order valence-electron chi connectivity index (χ4n) is 2.41. The third kappa shape index (κ3) is 3.92. The number of H-pyrrole nitrogens is 1. The Morgan fingerprint density at radius 3 is 2.88 bits per heavy atom. The maximum atomic E-state index is 12.0. The number of aromatic amines is 1. The van der Waals surface area contributed by atoms with Gasteiger partial charge in [0.25, 0.3) is 5.56 Å². The maximum absolute atomic E-state index is 12.0. The van der Waals surface area contributed by atoms with Crippen molar-refractivity contribution in [2.45, 2.75) is 25.7 Å². The number of hydrogen-bond acceptors (Lipinski definition) is 6. The quantitative estimate of drug-likeness (QED) is 0.468. The number of terminal acetylenes is 1. The molecule has 1 unspecified atom stereocenters. The van der Waals surface area contributed by atoms with Crippen LogP contribution >= 0.6 is 0 Å². The largest absolute Gasteiger partial charge is 0.357 e. The Balaban J connectivity index is 1.61. The Hall–Kier alpha value is -2.70. The van der Waals surface area contributed by atoms with Crippen molar-refractivity contribution in [1.82, 2.24) is 9.55 Å². The fraction of sp³-hybridized carbons (Fsp3) is 0.333. The minimum Gasteiger partial charge on any atom is -0.350 e. The molecule has 1 fully saturated rings. The van der Waals surface area contributed by atoms with Crippen LogP contribution in [0.1, 0.15) is 17.4 Å². The lowest BCUT2D eigenvalue weighted by Crippen LogP contribution is -2.36. The molecule has 0 bridgehead atoms. The highest BCUT2D eigenvalue weighted by Gasteiger charge is 2.43. The van der Waals surface area contributed by atoms with Crippen molar-refractivity contribution in [2.24, 2.45) is 0 Å². The summed E-state index contributed by atoms with van der Waals surface area (Å²) in [4.78, 5) is 25.6. The van der Waals surface area contributed by atoms with Gasteiger partial charge in [-0.2, -0.15) is 0 Å². The first-order valence-corrected chi connectivity index (χ1v) is 7.90. The van der Waals surface area contributed by atoms with Gasteiger partial charge in [-0.05, 0) is 18.4 Å². The van der Waals surface area contributed by atoms with Crippen molar-refractivity contribution >= 4 is 0 Å². The second-order valence-corrected chi connectivity index (χ2v) is 5.66. The van der Waals surface area contributed by atoms with Crippen LogP contribution in [-0.2, 0) is 25.6 Å². The van der Waals surface area contributed by atoms with E-state index in [1.165, 1.54) is 10.8 Å². The van der Waals surface area contributed by atoms with Crippen LogP contribution in [0.5, 0.6) is 0 Å². The number of nitrogens with zero attached hydrogens (tertiary/aromatic N) is 1. The van der Waals surface area contributed by atoms with Gasteiger partial charge in [0.2, 0.25) is 0 Å². The van der Waals surface area contributed by atoms with E-state index in [1.54, 1.807) is 6.92 Å². The number of aromatic nitrogens is 2. The molecule has 2 heterocycles. The van der Waals surface area contributed by atoms with Crippen LogP contribution in [0, 0.1) is 19.3 Å². The van der Waals surface area contributed by atoms with E-state index >= 15 is 0 Å². The Morgan fingerprint density at radius 2 is 2.15 bits per heavy atom. The summed E-state index contributed by atoms with van der Waals surface area (Å²) in [6.07, 6.45) is 6.02. The maximum Gasteiger partial charge on any atom is 0.357 e.